The van der Waals surface area contributed by atoms with E-state index in [-0.39, 0.29) is 11.2 Å². The molecule has 14 heavy (non-hydrogen) atoms. The van der Waals surface area contributed by atoms with E-state index >= 15 is 0 Å². The SMILES string of the molecule is CCC(C)(C)c1ccc(C=O)c(O)c1. The molecule has 0 atom stereocenters. The van der Waals surface area contributed by atoms with Crippen LogP contribution in [-0.2, 0) is 5.41 Å². The average Bonchev–Trinajstić information content (AvgIpc) is 2.17. The fourth-order valence-electron chi connectivity index (χ4n) is 1.27. The summed E-state index contributed by atoms with van der Waals surface area (Å²) in [7, 11) is 0. The van der Waals surface area contributed by atoms with Crippen molar-refractivity contribution in [1.82, 2.24) is 0 Å². The third-order valence-electron chi connectivity index (χ3n) is 2.82. The first-order valence-corrected chi connectivity index (χ1v) is 4.80. The van der Waals surface area contributed by atoms with Crippen LogP contribution in [0.5, 0.6) is 5.75 Å². The number of aldehydes is 1. The van der Waals surface area contributed by atoms with Crippen molar-refractivity contribution in [1.29, 1.82) is 0 Å². The molecule has 0 spiro atoms. The maximum atomic E-state index is 10.5. The summed E-state index contributed by atoms with van der Waals surface area (Å²) in [5, 5.41) is 9.52. The van der Waals surface area contributed by atoms with Gasteiger partial charge in [0.05, 0.1) is 5.56 Å². The summed E-state index contributed by atoms with van der Waals surface area (Å²) in [5.74, 6) is 0.0685. The topological polar surface area (TPSA) is 37.3 Å². The molecule has 1 aromatic carbocycles. The third kappa shape index (κ3) is 1.95. The molecule has 0 unspecified atom stereocenters. The van der Waals surface area contributed by atoms with Gasteiger partial charge >= 0.3 is 0 Å². The number of phenols is 1. The van der Waals surface area contributed by atoms with E-state index in [1.54, 1.807) is 12.1 Å². The summed E-state index contributed by atoms with van der Waals surface area (Å²) in [5.41, 5.74) is 1.45. The second-order valence-corrected chi connectivity index (χ2v) is 4.13. The average molecular weight is 192 g/mol. The lowest BCUT2D eigenvalue weighted by Gasteiger charge is -2.23. The first-order chi connectivity index (χ1) is 6.51. The van der Waals surface area contributed by atoms with E-state index in [0.717, 1.165) is 12.0 Å². The van der Waals surface area contributed by atoms with Crippen LogP contribution in [0.3, 0.4) is 0 Å². The summed E-state index contributed by atoms with van der Waals surface area (Å²) >= 11 is 0. The number of rotatable bonds is 3. The minimum absolute atomic E-state index is 0.0406. The summed E-state index contributed by atoms with van der Waals surface area (Å²) in [6, 6.07) is 5.23. The van der Waals surface area contributed by atoms with Crippen LogP contribution in [0.4, 0.5) is 0 Å². The zero-order valence-electron chi connectivity index (χ0n) is 8.87. The maximum Gasteiger partial charge on any atom is 0.153 e. The summed E-state index contributed by atoms with van der Waals surface area (Å²) in [4.78, 5) is 10.5. The molecule has 76 valence electrons. The van der Waals surface area contributed by atoms with Gasteiger partial charge in [-0.05, 0) is 29.5 Å². The number of carbonyl (C=O) groups excluding carboxylic acids is 1. The van der Waals surface area contributed by atoms with Crippen molar-refractivity contribution in [2.75, 3.05) is 0 Å². The normalized spacial score (nSPS) is 11.4. The lowest BCUT2D eigenvalue weighted by molar-refractivity contribution is 0.112. The highest BCUT2D eigenvalue weighted by Crippen LogP contribution is 2.30. The van der Waals surface area contributed by atoms with Crippen molar-refractivity contribution >= 4 is 6.29 Å². The van der Waals surface area contributed by atoms with Crippen LogP contribution in [0.2, 0.25) is 0 Å². The van der Waals surface area contributed by atoms with Gasteiger partial charge in [-0.25, -0.2) is 0 Å². The number of aromatic hydroxyl groups is 1. The zero-order valence-corrected chi connectivity index (χ0v) is 8.87. The summed E-state index contributed by atoms with van der Waals surface area (Å²) < 4.78 is 0. The van der Waals surface area contributed by atoms with Crippen molar-refractivity contribution in [3.8, 4) is 5.75 Å². The quantitative estimate of drug-likeness (QED) is 0.748. The fraction of sp³-hybridized carbons (Fsp3) is 0.417. The number of carbonyl (C=O) groups is 1. The molecular formula is C12H16O2. The first kappa shape index (κ1) is 10.8. The Kier molecular flexibility index (Phi) is 2.94. The molecule has 0 saturated carbocycles. The summed E-state index contributed by atoms with van der Waals surface area (Å²) in [6.45, 7) is 6.33. The Morgan fingerprint density at radius 1 is 1.43 bits per heavy atom. The molecule has 0 bridgehead atoms. The molecule has 0 aliphatic rings. The van der Waals surface area contributed by atoms with Gasteiger partial charge < -0.3 is 5.11 Å². The lowest BCUT2D eigenvalue weighted by Crippen LogP contribution is -2.15. The second kappa shape index (κ2) is 3.82. The van der Waals surface area contributed by atoms with Crippen LogP contribution in [0.15, 0.2) is 18.2 Å². The molecular weight excluding hydrogens is 176 g/mol. The number of phenolic OH excluding ortho intramolecular Hbond substituents is 1. The molecule has 0 aliphatic heterocycles. The Bertz CT molecular complexity index is 340. The predicted molar refractivity (Wildman–Crippen MR) is 56.8 cm³/mol. The molecule has 0 aliphatic carbocycles. The van der Waals surface area contributed by atoms with Crippen molar-refractivity contribution in [3.63, 3.8) is 0 Å². The molecule has 1 aromatic rings. The zero-order chi connectivity index (χ0) is 10.8. The van der Waals surface area contributed by atoms with Crippen LogP contribution in [0.25, 0.3) is 0 Å². The Morgan fingerprint density at radius 3 is 2.50 bits per heavy atom. The molecule has 2 heteroatoms. The van der Waals surface area contributed by atoms with Gasteiger partial charge in [-0.15, -0.1) is 0 Å². The highest BCUT2D eigenvalue weighted by Gasteiger charge is 2.18. The van der Waals surface area contributed by atoms with Crippen molar-refractivity contribution in [2.45, 2.75) is 32.6 Å². The number of benzene rings is 1. The van der Waals surface area contributed by atoms with Gasteiger partial charge in [0.25, 0.3) is 0 Å². The van der Waals surface area contributed by atoms with Crippen molar-refractivity contribution < 1.29 is 9.90 Å². The van der Waals surface area contributed by atoms with E-state index in [0.29, 0.717) is 11.8 Å². The van der Waals surface area contributed by atoms with Gasteiger partial charge in [-0.3, -0.25) is 4.79 Å². The minimum Gasteiger partial charge on any atom is -0.507 e. The molecule has 2 nitrogen and oxygen atoms in total. The molecule has 0 amide bonds. The van der Waals surface area contributed by atoms with Crippen molar-refractivity contribution in [3.05, 3.63) is 29.3 Å². The van der Waals surface area contributed by atoms with E-state index in [2.05, 4.69) is 20.8 Å². The highest BCUT2D eigenvalue weighted by molar-refractivity contribution is 5.79. The second-order valence-electron chi connectivity index (χ2n) is 4.13. The molecule has 0 saturated heterocycles. The molecule has 0 heterocycles. The van der Waals surface area contributed by atoms with Gasteiger partial charge in [0.1, 0.15) is 5.75 Å². The first-order valence-electron chi connectivity index (χ1n) is 4.80. The Hall–Kier alpha value is -1.31. The van der Waals surface area contributed by atoms with E-state index in [1.165, 1.54) is 0 Å². The molecule has 0 aromatic heterocycles. The highest BCUT2D eigenvalue weighted by atomic mass is 16.3. The van der Waals surface area contributed by atoms with Crippen LogP contribution in [0, 0.1) is 0 Å². The molecule has 1 rings (SSSR count). The van der Waals surface area contributed by atoms with Crippen LogP contribution >= 0.6 is 0 Å². The molecule has 1 N–H and O–H groups in total. The smallest absolute Gasteiger partial charge is 0.153 e. The maximum absolute atomic E-state index is 10.5. The number of hydrogen-bond donors (Lipinski definition) is 1. The van der Waals surface area contributed by atoms with Crippen LogP contribution in [-0.4, -0.2) is 11.4 Å². The van der Waals surface area contributed by atoms with Gasteiger partial charge in [0, 0.05) is 0 Å². The lowest BCUT2D eigenvalue weighted by atomic mass is 9.82. The van der Waals surface area contributed by atoms with Gasteiger partial charge in [0.15, 0.2) is 6.29 Å². The Labute approximate surface area is 84.6 Å². The number of hydrogen-bond acceptors (Lipinski definition) is 2. The van der Waals surface area contributed by atoms with Gasteiger partial charge in [-0.1, -0.05) is 26.8 Å². The third-order valence-corrected chi connectivity index (χ3v) is 2.82. The predicted octanol–water partition coefficient (Wildman–Crippen LogP) is 2.89. The van der Waals surface area contributed by atoms with E-state index < -0.39 is 0 Å². The van der Waals surface area contributed by atoms with E-state index in [1.807, 2.05) is 6.07 Å². The molecule has 0 radical (unpaired) electrons. The largest absolute Gasteiger partial charge is 0.507 e. The standard InChI is InChI=1S/C12H16O2/c1-4-12(2,3)10-6-5-9(8-13)11(14)7-10/h5-8,14H,4H2,1-3H3. The van der Waals surface area contributed by atoms with Crippen molar-refractivity contribution in [2.24, 2.45) is 0 Å². The van der Waals surface area contributed by atoms with E-state index in [9.17, 15) is 9.90 Å². The summed E-state index contributed by atoms with van der Waals surface area (Å²) in [6.07, 6.45) is 1.66. The fourth-order valence-corrected chi connectivity index (χ4v) is 1.27. The van der Waals surface area contributed by atoms with Gasteiger partial charge in [-0.2, -0.15) is 0 Å². The molecule has 0 fully saturated rings. The Balaban J connectivity index is 3.14. The van der Waals surface area contributed by atoms with Crippen LogP contribution in [0.1, 0.15) is 43.1 Å². The minimum atomic E-state index is 0.0406. The van der Waals surface area contributed by atoms with Crippen LogP contribution < -0.4 is 0 Å². The monoisotopic (exact) mass is 192 g/mol. The van der Waals surface area contributed by atoms with Gasteiger partial charge in [0.2, 0.25) is 0 Å². The van der Waals surface area contributed by atoms with E-state index in [4.69, 9.17) is 0 Å². The Morgan fingerprint density at radius 2 is 2.07 bits per heavy atom.